The van der Waals surface area contributed by atoms with Crippen molar-refractivity contribution in [3.63, 3.8) is 0 Å². The normalized spacial score (nSPS) is 10.1. The maximum Gasteiger partial charge on any atom is 0.223 e. The smallest absolute Gasteiger partial charge is 0.223 e. The van der Waals surface area contributed by atoms with Crippen molar-refractivity contribution in [3.8, 4) is 22.8 Å². The van der Waals surface area contributed by atoms with E-state index in [1.165, 1.54) is 0 Å². The Morgan fingerprint density at radius 2 is 1.58 bits per heavy atom. The van der Waals surface area contributed by atoms with Crippen LogP contribution in [-0.4, -0.2) is 31.2 Å². The van der Waals surface area contributed by atoms with Crippen LogP contribution in [0.1, 0.15) is 5.69 Å². The van der Waals surface area contributed by atoms with Crippen molar-refractivity contribution in [2.75, 3.05) is 26.6 Å². The second-order valence-corrected chi connectivity index (χ2v) is 4.07. The van der Waals surface area contributed by atoms with Gasteiger partial charge in [0.2, 0.25) is 5.95 Å². The van der Waals surface area contributed by atoms with E-state index in [0.717, 1.165) is 28.5 Å². The Kier molecular flexibility index (Phi) is 3.85. The molecule has 2 aromatic rings. The molecular formula is C14H17N3O2. The van der Waals surface area contributed by atoms with Gasteiger partial charge in [-0.1, -0.05) is 0 Å². The van der Waals surface area contributed by atoms with Crippen molar-refractivity contribution in [2.24, 2.45) is 0 Å². The molecule has 1 aromatic carbocycles. The molecule has 0 saturated heterocycles. The summed E-state index contributed by atoms with van der Waals surface area (Å²) in [6.07, 6.45) is 0. The summed E-state index contributed by atoms with van der Waals surface area (Å²) in [5, 5.41) is 2.95. The second kappa shape index (κ2) is 5.56. The quantitative estimate of drug-likeness (QED) is 0.914. The van der Waals surface area contributed by atoms with Crippen molar-refractivity contribution in [1.82, 2.24) is 9.97 Å². The Hall–Kier alpha value is -2.30. The number of methoxy groups -OCH3 is 2. The van der Waals surface area contributed by atoms with Crippen molar-refractivity contribution in [3.05, 3.63) is 30.0 Å². The number of nitrogens with one attached hydrogen (secondary N) is 1. The zero-order valence-electron chi connectivity index (χ0n) is 11.5. The van der Waals surface area contributed by atoms with E-state index in [1.54, 1.807) is 21.3 Å². The van der Waals surface area contributed by atoms with Gasteiger partial charge in [0.1, 0.15) is 11.5 Å². The van der Waals surface area contributed by atoms with Crippen LogP contribution in [0.5, 0.6) is 11.5 Å². The highest BCUT2D eigenvalue weighted by Crippen LogP contribution is 2.29. The van der Waals surface area contributed by atoms with Crippen molar-refractivity contribution in [2.45, 2.75) is 6.92 Å². The van der Waals surface area contributed by atoms with Crippen LogP contribution in [0.4, 0.5) is 5.95 Å². The molecule has 0 fully saturated rings. The highest BCUT2D eigenvalue weighted by molar-refractivity contribution is 5.65. The molecule has 0 unspecified atom stereocenters. The van der Waals surface area contributed by atoms with E-state index in [-0.39, 0.29) is 0 Å². The van der Waals surface area contributed by atoms with Crippen molar-refractivity contribution < 1.29 is 9.47 Å². The Morgan fingerprint density at radius 1 is 0.947 bits per heavy atom. The maximum atomic E-state index is 5.27. The highest BCUT2D eigenvalue weighted by Gasteiger charge is 2.07. The molecule has 1 heterocycles. The maximum absolute atomic E-state index is 5.27. The number of nitrogens with zero attached hydrogens (tertiary/aromatic N) is 2. The third-order valence-electron chi connectivity index (χ3n) is 2.73. The van der Waals surface area contributed by atoms with Gasteiger partial charge in [0.15, 0.2) is 0 Å². The van der Waals surface area contributed by atoms with E-state index in [0.29, 0.717) is 5.95 Å². The molecule has 0 saturated carbocycles. The van der Waals surface area contributed by atoms with Crippen LogP contribution in [0.25, 0.3) is 11.3 Å². The number of aryl methyl sites for hydroxylation is 1. The van der Waals surface area contributed by atoms with E-state index in [4.69, 9.17) is 9.47 Å². The molecule has 5 nitrogen and oxygen atoms in total. The lowest BCUT2D eigenvalue weighted by Gasteiger charge is -2.09. The number of hydrogen-bond donors (Lipinski definition) is 1. The van der Waals surface area contributed by atoms with Crippen LogP contribution in [-0.2, 0) is 0 Å². The number of benzene rings is 1. The number of anilines is 1. The Bertz CT molecular complexity index is 563. The fourth-order valence-electron chi connectivity index (χ4n) is 1.78. The minimum atomic E-state index is 0.594. The number of ether oxygens (including phenoxy) is 2. The van der Waals surface area contributed by atoms with Crippen LogP contribution in [0.2, 0.25) is 0 Å². The fourth-order valence-corrected chi connectivity index (χ4v) is 1.78. The van der Waals surface area contributed by atoms with Crippen LogP contribution in [0.3, 0.4) is 0 Å². The number of rotatable bonds is 4. The summed E-state index contributed by atoms with van der Waals surface area (Å²) in [5.41, 5.74) is 2.66. The van der Waals surface area contributed by atoms with Gasteiger partial charge < -0.3 is 14.8 Å². The number of aromatic nitrogens is 2. The van der Waals surface area contributed by atoms with Crippen molar-refractivity contribution in [1.29, 1.82) is 0 Å². The van der Waals surface area contributed by atoms with E-state index < -0.39 is 0 Å². The first-order valence-corrected chi connectivity index (χ1v) is 5.93. The Labute approximate surface area is 112 Å². The summed E-state index contributed by atoms with van der Waals surface area (Å²) in [5.74, 6) is 2.06. The first kappa shape index (κ1) is 13.1. The van der Waals surface area contributed by atoms with Gasteiger partial charge in [0.05, 0.1) is 19.9 Å². The molecule has 0 bridgehead atoms. The molecule has 0 amide bonds. The minimum Gasteiger partial charge on any atom is -0.497 e. The minimum absolute atomic E-state index is 0.594. The molecule has 0 aliphatic carbocycles. The lowest BCUT2D eigenvalue weighted by molar-refractivity contribution is 0.394. The lowest BCUT2D eigenvalue weighted by atomic mass is 10.1. The molecule has 100 valence electrons. The third-order valence-corrected chi connectivity index (χ3v) is 2.73. The zero-order valence-corrected chi connectivity index (χ0v) is 11.5. The largest absolute Gasteiger partial charge is 0.497 e. The lowest BCUT2D eigenvalue weighted by Crippen LogP contribution is -1.99. The number of hydrogen-bond acceptors (Lipinski definition) is 5. The van der Waals surface area contributed by atoms with Crippen LogP contribution >= 0.6 is 0 Å². The topological polar surface area (TPSA) is 56.3 Å². The van der Waals surface area contributed by atoms with Gasteiger partial charge in [-0.2, -0.15) is 0 Å². The summed E-state index contributed by atoms with van der Waals surface area (Å²) < 4.78 is 10.5. The van der Waals surface area contributed by atoms with Crippen LogP contribution in [0.15, 0.2) is 24.3 Å². The third kappa shape index (κ3) is 2.93. The molecule has 5 heteroatoms. The first-order chi connectivity index (χ1) is 9.16. The SMILES string of the molecule is CNc1nc(C)cc(-c2cc(OC)cc(OC)c2)n1. The van der Waals surface area contributed by atoms with Gasteiger partial charge >= 0.3 is 0 Å². The molecule has 1 N–H and O–H groups in total. The molecule has 19 heavy (non-hydrogen) atoms. The molecule has 0 aliphatic heterocycles. The average Bonchev–Trinajstić information content (AvgIpc) is 2.45. The Morgan fingerprint density at radius 3 is 2.11 bits per heavy atom. The first-order valence-electron chi connectivity index (χ1n) is 5.93. The molecule has 0 radical (unpaired) electrons. The second-order valence-electron chi connectivity index (χ2n) is 4.07. The summed E-state index contributed by atoms with van der Waals surface area (Å²) in [6.45, 7) is 1.93. The van der Waals surface area contributed by atoms with Crippen LogP contribution in [0, 0.1) is 6.92 Å². The Balaban J connectivity index is 2.54. The monoisotopic (exact) mass is 259 g/mol. The van der Waals surface area contributed by atoms with Crippen LogP contribution < -0.4 is 14.8 Å². The fraction of sp³-hybridized carbons (Fsp3) is 0.286. The van der Waals surface area contributed by atoms with E-state index >= 15 is 0 Å². The van der Waals surface area contributed by atoms with E-state index in [2.05, 4.69) is 15.3 Å². The summed E-state index contributed by atoms with van der Waals surface area (Å²) >= 11 is 0. The molecular weight excluding hydrogens is 242 g/mol. The predicted octanol–water partition coefficient (Wildman–Crippen LogP) is 2.51. The molecule has 2 rings (SSSR count). The molecule has 0 atom stereocenters. The molecule has 1 aromatic heterocycles. The summed E-state index contributed by atoms with van der Waals surface area (Å²) in [7, 11) is 5.05. The molecule has 0 aliphatic rings. The van der Waals surface area contributed by atoms with E-state index in [9.17, 15) is 0 Å². The van der Waals surface area contributed by atoms with Gasteiger partial charge in [-0.25, -0.2) is 9.97 Å². The van der Waals surface area contributed by atoms with Crippen molar-refractivity contribution >= 4 is 5.95 Å². The average molecular weight is 259 g/mol. The summed E-state index contributed by atoms with van der Waals surface area (Å²) in [6, 6.07) is 7.60. The van der Waals surface area contributed by atoms with Gasteiger partial charge in [0, 0.05) is 24.4 Å². The summed E-state index contributed by atoms with van der Waals surface area (Å²) in [4.78, 5) is 8.72. The zero-order chi connectivity index (χ0) is 13.8. The standard InChI is InChI=1S/C14H17N3O2/c1-9-5-13(17-14(15-2)16-9)10-6-11(18-3)8-12(7-10)19-4/h5-8H,1-4H3,(H,15,16,17). The molecule has 0 spiro atoms. The van der Waals surface area contributed by atoms with Gasteiger partial charge in [0.25, 0.3) is 0 Å². The van der Waals surface area contributed by atoms with Gasteiger partial charge in [-0.05, 0) is 25.1 Å². The predicted molar refractivity (Wildman–Crippen MR) is 74.9 cm³/mol. The van der Waals surface area contributed by atoms with Gasteiger partial charge in [-0.3, -0.25) is 0 Å². The van der Waals surface area contributed by atoms with Gasteiger partial charge in [-0.15, -0.1) is 0 Å². The van der Waals surface area contributed by atoms with E-state index in [1.807, 2.05) is 31.2 Å². The highest BCUT2D eigenvalue weighted by atomic mass is 16.5.